The standard InChI is InChI=1S/C8H8F4/c1-5-4-6(9)2-3-7(5)8(10,11)12/h4H,2-3H2,1H3. The predicted octanol–water partition coefficient (Wildman–Crippen LogP) is 3.51. The molecule has 0 saturated carbocycles. The van der Waals surface area contributed by atoms with E-state index in [2.05, 4.69) is 0 Å². The highest BCUT2D eigenvalue weighted by atomic mass is 19.4. The van der Waals surface area contributed by atoms with Crippen molar-refractivity contribution in [2.45, 2.75) is 25.9 Å². The molecule has 1 aliphatic carbocycles. The maximum atomic E-state index is 12.5. The van der Waals surface area contributed by atoms with Gasteiger partial charge in [-0.25, -0.2) is 4.39 Å². The average Bonchev–Trinajstić information content (AvgIpc) is 1.83. The van der Waals surface area contributed by atoms with Crippen LogP contribution in [0.2, 0.25) is 0 Å². The first-order valence-electron chi connectivity index (χ1n) is 3.54. The minimum atomic E-state index is -4.30. The summed E-state index contributed by atoms with van der Waals surface area (Å²) in [4.78, 5) is 0. The number of hydrogen-bond donors (Lipinski definition) is 0. The van der Waals surface area contributed by atoms with Crippen molar-refractivity contribution >= 4 is 0 Å². The van der Waals surface area contributed by atoms with Crippen LogP contribution >= 0.6 is 0 Å². The number of halogens is 4. The molecule has 0 atom stereocenters. The highest BCUT2D eigenvalue weighted by molar-refractivity contribution is 5.32. The first kappa shape index (κ1) is 9.29. The Labute approximate surface area is 67.6 Å². The second kappa shape index (κ2) is 2.92. The molecule has 0 fully saturated rings. The van der Waals surface area contributed by atoms with Gasteiger partial charge < -0.3 is 0 Å². The predicted molar refractivity (Wildman–Crippen MR) is 37.2 cm³/mol. The fraction of sp³-hybridized carbons (Fsp3) is 0.500. The Bertz CT molecular complexity index is 244. The van der Waals surface area contributed by atoms with Crippen LogP contribution in [0.5, 0.6) is 0 Å². The van der Waals surface area contributed by atoms with Crippen molar-refractivity contribution in [2.75, 3.05) is 0 Å². The summed E-state index contributed by atoms with van der Waals surface area (Å²) in [6.45, 7) is 1.28. The summed E-state index contributed by atoms with van der Waals surface area (Å²) in [6, 6.07) is 0. The quantitative estimate of drug-likeness (QED) is 0.500. The van der Waals surface area contributed by atoms with Gasteiger partial charge in [-0.1, -0.05) is 0 Å². The minimum Gasteiger partial charge on any atom is -0.212 e. The van der Waals surface area contributed by atoms with Crippen molar-refractivity contribution in [1.29, 1.82) is 0 Å². The first-order valence-corrected chi connectivity index (χ1v) is 3.54. The lowest BCUT2D eigenvalue weighted by Gasteiger charge is -2.16. The van der Waals surface area contributed by atoms with Gasteiger partial charge in [0.1, 0.15) is 5.83 Å². The zero-order valence-corrected chi connectivity index (χ0v) is 6.50. The Kier molecular flexibility index (Phi) is 2.26. The third-order valence-corrected chi connectivity index (χ3v) is 1.81. The van der Waals surface area contributed by atoms with Crippen LogP contribution < -0.4 is 0 Å². The molecule has 1 aliphatic rings. The van der Waals surface area contributed by atoms with Crippen LogP contribution in [0, 0.1) is 0 Å². The van der Waals surface area contributed by atoms with Gasteiger partial charge in [0, 0.05) is 12.0 Å². The van der Waals surface area contributed by atoms with E-state index in [-0.39, 0.29) is 18.4 Å². The van der Waals surface area contributed by atoms with Crippen molar-refractivity contribution < 1.29 is 17.6 Å². The lowest BCUT2D eigenvalue weighted by molar-refractivity contribution is -0.0949. The molecule has 0 radical (unpaired) electrons. The Morgan fingerprint density at radius 3 is 2.25 bits per heavy atom. The second-order valence-electron chi connectivity index (χ2n) is 2.75. The van der Waals surface area contributed by atoms with E-state index >= 15 is 0 Å². The molecule has 12 heavy (non-hydrogen) atoms. The average molecular weight is 180 g/mol. The zero-order chi connectivity index (χ0) is 9.35. The van der Waals surface area contributed by atoms with Crippen LogP contribution in [-0.2, 0) is 0 Å². The fourth-order valence-corrected chi connectivity index (χ4v) is 1.20. The van der Waals surface area contributed by atoms with E-state index in [0.29, 0.717) is 0 Å². The molecule has 4 heteroatoms. The summed E-state index contributed by atoms with van der Waals surface area (Å²) in [7, 11) is 0. The lowest BCUT2D eigenvalue weighted by Crippen LogP contribution is -2.15. The van der Waals surface area contributed by atoms with Crippen molar-refractivity contribution in [2.24, 2.45) is 0 Å². The topological polar surface area (TPSA) is 0 Å². The van der Waals surface area contributed by atoms with Crippen LogP contribution in [0.3, 0.4) is 0 Å². The van der Waals surface area contributed by atoms with Gasteiger partial charge >= 0.3 is 6.18 Å². The minimum absolute atomic E-state index is 0.00810. The molecule has 0 N–H and O–H groups in total. The molecule has 0 saturated heterocycles. The Balaban J connectivity index is 2.98. The van der Waals surface area contributed by atoms with Gasteiger partial charge in [0.2, 0.25) is 0 Å². The summed E-state index contributed by atoms with van der Waals surface area (Å²) in [6.07, 6.45) is -3.72. The van der Waals surface area contributed by atoms with E-state index in [4.69, 9.17) is 0 Å². The third kappa shape index (κ3) is 1.87. The van der Waals surface area contributed by atoms with Crippen LogP contribution in [0.1, 0.15) is 19.8 Å². The summed E-state index contributed by atoms with van der Waals surface area (Å²) in [5.74, 6) is -0.472. The maximum Gasteiger partial charge on any atom is 0.412 e. The Morgan fingerprint density at radius 1 is 1.25 bits per heavy atom. The molecular formula is C8H8F4. The van der Waals surface area contributed by atoms with Gasteiger partial charge in [0.15, 0.2) is 0 Å². The van der Waals surface area contributed by atoms with Gasteiger partial charge in [-0.05, 0) is 25.0 Å². The van der Waals surface area contributed by atoms with E-state index < -0.39 is 17.6 Å². The molecule has 0 amide bonds. The Hall–Kier alpha value is -0.800. The molecule has 68 valence electrons. The van der Waals surface area contributed by atoms with E-state index in [1.165, 1.54) is 6.92 Å². The summed E-state index contributed by atoms with van der Waals surface area (Å²) in [5, 5.41) is 0. The molecule has 0 unspecified atom stereocenters. The van der Waals surface area contributed by atoms with E-state index in [1.54, 1.807) is 0 Å². The SMILES string of the molecule is CC1=C(C(F)(F)F)CCC(F)=C1. The number of allylic oxidation sites excluding steroid dienone is 4. The van der Waals surface area contributed by atoms with Crippen LogP contribution in [0.15, 0.2) is 23.0 Å². The summed E-state index contributed by atoms with van der Waals surface area (Å²) in [5.41, 5.74) is -0.616. The monoisotopic (exact) mass is 180 g/mol. The molecule has 0 spiro atoms. The Morgan fingerprint density at radius 2 is 1.83 bits per heavy atom. The third-order valence-electron chi connectivity index (χ3n) is 1.81. The largest absolute Gasteiger partial charge is 0.412 e. The zero-order valence-electron chi connectivity index (χ0n) is 6.50. The maximum absolute atomic E-state index is 12.5. The van der Waals surface area contributed by atoms with E-state index in [0.717, 1.165) is 6.08 Å². The van der Waals surface area contributed by atoms with Gasteiger partial charge in [0.05, 0.1) is 0 Å². The number of rotatable bonds is 0. The smallest absolute Gasteiger partial charge is 0.212 e. The van der Waals surface area contributed by atoms with Crippen LogP contribution in [-0.4, -0.2) is 6.18 Å². The summed E-state index contributed by atoms with van der Waals surface area (Å²) >= 11 is 0. The summed E-state index contributed by atoms with van der Waals surface area (Å²) < 4.78 is 48.8. The highest BCUT2D eigenvalue weighted by Crippen LogP contribution is 2.36. The molecule has 0 aliphatic heterocycles. The van der Waals surface area contributed by atoms with Gasteiger partial charge in [-0.2, -0.15) is 13.2 Å². The van der Waals surface area contributed by atoms with E-state index in [9.17, 15) is 17.6 Å². The van der Waals surface area contributed by atoms with E-state index in [1.807, 2.05) is 0 Å². The molecule has 0 aromatic carbocycles. The van der Waals surface area contributed by atoms with Crippen LogP contribution in [0.4, 0.5) is 17.6 Å². The van der Waals surface area contributed by atoms with Gasteiger partial charge in [0.25, 0.3) is 0 Å². The van der Waals surface area contributed by atoms with Crippen molar-refractivity contribution in [3.8, 4) is 0 Å². The van der Waals surface area contributed by atoms with Crippen molar-refractivity contribution in [3.05, 3.63) is 23.0 Å². The number of alkyl halides is 3. The lowest BCUT2D eigenvalue weighted by atomic mass is 9.98. The van der Waals surface area contributed by atoms with Crippen LogP contribution in [0.25, 0.3) is 0 Å². The first-order chi connectivity index (χ1) is 5.41. The number of hydrogen-bond acceptors (Lipinski definition) is 0. The fourth-order valence-electron chi connectivity index (χ4n) is 1.20. The molecule has 1 rings (SSSR count). The van der Waals surface area contributed by atoms with Crippen molar-refractivity contribution in [3.63, 3.8) is 0 Å². The van der Waals surface area contributed by atoms with Crippen molar-refractivity contribution in [1.82, 2.24) is 0 Å². The molecule has 0 bridgehead atoms. The van der Waals surface area contributed by atoms with Gasteiger partial charge in [-0.15, -0.1) is 0 Å². The highest BCUT2D eigenvalue weighted by Gasteiger charge is 2.35. The molecule has 0 nitrogen and oxygen atoms in total. The molecule has 0 heterocycles. The van der Waals surface area contributed by atoms with Gasteiger partial charge in [-0.3, -0.25) is 0 Å². The molecular weight excluding hydrogens is 172 g/mol. The molecule has 0 aromatic heterocycles. The molecule has 0 aromatic rings. The normalized spacial score (nSPS) is 19.6. The second-order valence-corrected chi connectivity index (χ2v) is 2.75.